The Balaban J connectivity index is 2.21. The molecule has 84 valence electrons. The zero-order chi connectivity index (χ0) is 10.6. The van der Waals surface area contributed by atoms with Gasteiger partial charge in [-0.05, 0) is 32.8 Å². The molecule has 6 heteroatoms. The van der Waals surface area contributed by atoms with E-state index in [0.29, 0.717) is 13.2 Å². The summed E-state index contributed by atoms with van der Waals surface area (Å²) >= 11 is 0. The number of ether oxygens (including phenoxy) is 1. The topological polar surface area (TPSA) is 12.5 Å². The number of rotatable bonds is 4. The molecule has 1 aliphatic heterocycles. The van der Waals surface area contributed by atoms with Crippen LogP contribution < -0.4 is 0 Å². The van der Waals surface area contributed by atoms with Crippen LogP contribution in [0.25, 0.3) is 0 Å². The molecule has 1 aliphatic rings. The molecule has 0 aromatic rings. The molecule has 0 bridgehead atoms. The van der Waals surface area contributed by atoms with E-state index in [1.807, 2.05) is 0 Å². The number of hydrogen-bond donors (Lipinski definition) is 0. The summed E-state index contributed by atoms with van der Waals surface area (Å²) < 4.78 is 41.5. The fraction of sp³-hybridized carbons (Fsp3) is 1.00. The molecule has 0 spiro atoms. The third-order valence-corrected chi connectivity index (χ3v) is 2.31. The number of halogens is 3. The van der Waals surface area contributed by atoms with Gasteiger partial charge in [0.05, 0.1) is 6.10 Å². The van der Waals surface area contributed by atoms with Gasteiger partial charge in [0.15, 0.2) is 0 Å². The van der Waals surface area contributed by atoms with Crippen molar-refractivity contribution in [1.29, 1.82) is 0 Å². The van der Waals surface area contributed by atoms with Crippen molar-refractivity contribution in [2.75, 3.05) is 26.6 Å². The molecule has 0 N–H and O–H groups in total. The first-order valence-electron chi connectivity index (χ1n) is 4.98. The SMILES string of the molecule is CN(CC1CCCCO1)C[B-](F)(F)F. The maximum Gasteiger partial charge on any atom is 0.492 e. The van der Waals surface area contributed by atoms with Crippen molar-refractivity contribution in [3.8, 4) is 0 Å². The van der Waals surface area contributed by atoms with Crippen LogP contribution in [-0.2, 0) is 4.74 Å². The average molecular weight is 210 g/mol. The summed E-state index contributed by atoms with van der Waals surface area (Å²) in [5.74, 6) is 0. The minimum Gasteiger partial charge on any atom is -0.448 e. The van der Waals surface area contributed by atoms with Crippen molar-refractivity contribution in [3.05, 3.63) is 0 Å². The Hall–Kier alpha value is -0.225. The summed E-state index contributed by atoms with van der Waals surface area (Å²) in [5.41, 5.74) is 0. The van der Waals surface area contributed by atoms with E-state index in [0.717, 1.165) is 19.3 Å². The van der Waals surface area contributed by atoms with E-state index in [4.69, 9.17) is 4.74 Å². The highest BCUT2D eigenvalue weighted by Gasteiger charge is 2.26. The predicted octanol–water partition coefficient (Wildman–Crippen LogP) is 1.87. The van der Waals surface area contributed by atoms with Crippen LogP contribution >= 0.6 is 0 Å². The molecule has 0 aromatic heterocycles. The molecule has 14 heavy (non-hydrogen) atoms. The molecule has 0 aliphatic carbocycles. The lowest BCUT2D eigenvalue weighted by Gasteiger charge is -2.30. The van der Waals surface area contributed by atoms with E-state index in [1.54, 1.807) is 0 Å². The standard InChI is InChI=1S/C8H16BF3NO/c1-13(7-9(10,11)12)6-8-4-2-3-5-14-8/h8H,2-7H2,1H3/q-1. The minimum atomic E-state index is -4.70. The van der Waals surface area contributed by atoms with E-state index < -0.39 is 13.4 Å². The summed E-state index contributed by atoms with van der Waals surface area (Å²) in [7, 11) is 1.49. The maximum atomic E-state index is 12.0. The van der Waals surface area contributed by atoms with E-state index in [2.05, 4.69) is 0 Å². The highest BCUT2D eigenvalue weighted by molar-refractivity contribution is 6.58. The second kappa shape index (κ2) is 5.02. The Morgan fingerprint density at radius 3 is 2.57 bits per heavy atom. The van der Waals surface area contributed by atoms with Crippen molar-refractivity contribution >= 4 is 6.98 Å². The third kappa shape index (κ3) is 4.86. The van der Waals surface area contributed by atoms with E-state index in [1.165, 1.54) is 11.9 Å². The largest absolute Gasteiger partial charge is 0.492 e. The van der Waals surface area contributed by atoms with Gasteiger partial charge in [-0.1, -0.05) is 0 Å². The van der Waals surface area contributed by atoms with Crippen molar-refractivity contribution in [3.63, 3.8) is 0 Å². The zero-order valence-corrected chi connectivity index (χ0v) is 8.39. The fourth-order valence-electron chi connectivity index (χ4n) is 1.73. The van der Waals surface area contributed by atoms with Crippen molar-refractivity contribution < 1.29 is 17.7 Å². The van der Waals surface area contributed by atoms with E-state index >= 15 is 0 Å². The first kappa shape index (κ1) is 11.8. The molecule has 0 saturated carbocycles. The molecule has 1 saturated heterocycles. The van der Waals surface area contributed by atoms with Crippen LogP contribution in [0, 0.1) is 0 Å². The first-order chi connectivity index (χ1) is 6.47. The highest BCUT2D eigenvalue weighted by atomic mass is 19.4. The molecule has 1 rings (SSSR count). The summed E-state index contributed by atoms with van der Waals surface area (Å²) in [6, 6.07) is 0. The maximum absolute atomic E-state index is 12.0. The quantitative estimate of drug-likeness (QED) is 0.656. The lowest BCUT2D eigenvalue weighted by atomic mass is 9.91. The van der Waals surface area contributed by atoms with Gasteiger partial charge >= 0.3 is 6.98 Å². The lowest BCUT2D eigenvalue weighted by molar-refractivity contribution is 0.0000116. The molecule has 0 radical (unpaired) electrons. The van der Waals surface area contributed by atoms with Crippen LogP contribution in [0.3, 0.4) is 0 Å². The van der Waals surface area contributed by atoms with Crippen molar-refractivity contribution in [2.45, 2.75) is 25.4 Å². The molecule has 0 amide bonds. The Morgan fingerprint density at radius 1 is 1.36 bits per heavy atom. The van der Waals surface area contributed by atoms with Crippen LogP contribution in [0.5, 0.6) is 0 Å². The fourth-order valence-corrected chi connectivity index (χ4v) is 1.73. The second-order valence-electron chi connectivity index (χ2n) is 3.92. The van der Waals surface area contributed by atoms with E-state index in [9.17, 15) is 12.9 Å². The van der Waals surface area contributed by atoms with Gasteiger partial charge in [0, 0.05) is 13.2 Å². The van der Waals surface area contributed by atoms with Crippen molar-refractivity contribution in [2.24, 2.45) is 0 Å². The van der Waals surface area contributed by atoms with Gasteiger partial charge in [-0.3, -0.25) is 0 Å². The van der Waals surface area contributed by atoms with Crippen molar-refractivity contribution in [1.82, 2.24) is 4.90 Å². The summed E-state index contributed by atoms with van der Waals surface area (Å²) in [6.07, 6.45) is 2.18. The minimum absolute atomic E-state index is 0.00750. The van der Waals surface area contributed by atoms with E-state index in [-0.39, 0.29) is 6.10 Å². The molecular formula is C8H16BF3NO-. The number of nitrogens with zero attached hydrogens (tertiary/aromatic N) is 1. The smallest absolute Gasteiger partial charge is 0.448 e. The molecule has 1 atom stereocenters. The van der Waals surface area contributed by atoms with Gasteiger partial charge in [0.2, 0.25) is 0 Å². The molecule has 2 nitrogen and oxygen atoms in total. The van der Waals surface area contributed by atoms with Gasteiger partial charge < -0.3 is 22.6 Å². The zero-order valence-electron chi connectivity index (χ0n) is 8.39. The van der Waals surface area contributed by atoms with Gasteiger partial charge in [-0.2, -0.15) is 0 Å². The summed E-state index contributed by atoms with van der Waals surface area (Å²) in [4.78, 5) is 1.30. The van der Waals surface area contributed by atoms with Gasteiger partial charge in [0.1, 0.15) is 0 Å². The Morgan fingerprint density at radius 2 is 2.07 bits per heavy atom. The second-order valence-corrected chi connectivity index (χ2v) is 3.92. The number of hydrogen-bond acceptors (Lipinski definition) is 2. The van der Waals surface area contributed by atoms with Crippen LogP contribution in [0.1, 0.15) is 19.3 Å². The Kier molecular flexibility index (Phi) is 4.25. The monoisotopic (exact) mass is 210 g/mol. The lowest BCUT2D eigenvalue weighted by Crippen LogP contribution is -2.41. The molecular weight excluding hydrogens is 194 g/mol. The molecule has 1 heterocycles. The summed E-state index contributed by atoms with van der Waals surface area (Å²) in [6.45, 7) is -3.62. The normalized spacial score (nSPS) is 24.2. The predicted molar refractivity (Wildman–Crippen MR) is 50.2 cm³/mol. The molecule has 1 unspecified atom stereocenters. The first-order valence-corrected chi connectivity index (χ1v) is 4.98. The van der Waals surface area contributed by atoms with Gasteiger partial charge in [-0.15, -0.1) is 0 Å². The Labute approximate surface area is 82.5 Å². The van der Waals surface area contributed by atoms with Crippen LogP contribution in [-0.4, -0.2) is 44.6 Å². The summed E-state index contributed by atoms with van der Waals surface area (Å²) in [5, 5.41) is 0. The van der Waals surface area contributed by atoms with Gasteiger partial charge in [0.25, 0.3) is 0 Å². The molecule has 0 aromatic carbocycles. The Bertz CT molecular complexity index is 170. The van der Waals surface area contributed by atoms with Gasteiger partial charge in [-0.25, -0.2) is 0 Å². The highest BCUT2D eigenvalue weighted by Crippen LogP contribution is 2.15. The average Bonchev–Trinajstić information content (AvgIpc) is 2.02. The van der Waals surface area contributed by atoms with Crippen LogP contribution in [0.4, 0.5) is 12.9 Å². The number of likely N-dealkylation sites (N-methyl/N-ethyl adjacent to an activating group) is 1. The van der Waals surface area contributed by atoms with Crippen LogP contribution in [0.2, 0.25) is 0 Å². The third-order valence-electron chi connectivity index (χ3n) is 2.31. The van der Waals surface area contributed by atoms with Crippen LogP contribution in [0.15, 0.2) is 0 Å². The molecule has 1 fully saturated rings.